The molecule has 3 aromatic heterocycles. The summed E-state index contributed by atoms with van der Waals surface area (Å²) in [5.41, 5.74) is 4.77. The molecule has 0 bridgehead atoms. The van der Waals surface area contributed by atoms with Gasteiger partial charge in [-0.15, -0.1) is 11.3 Å². The van der Waals surface area contributed by atoms with E-state index >= 15 is 0 Å². The molecule has 5 heterocycles. The summed E-state index contributed by atoms with van der Waals surface area (Å²) >= 11 is 1.54. The minimum absolute atomic E-state index is 0.0107. The third kappa shape index (κ3) is 3.40. The van der Waals surface area contributed by atoms with Crippen molar-refractivity contribution in [1.82, 2.24) is 20.2 Å². The number of piperidine rings is 1. The van der Waals surface area contributed by atoms with Gasteiger partial charge in [-0.25, -0.2) is 0 Å². The van der Waals surface area contributed by atoms with Crippen LogP contribution in [0.15, 0.2) is 24.4 Å². The molecule has 2 unspecified atom stereocenters. The maximum Gasteiger partial charge on any atom is 0.234 e. The summed E-state index contributed by atoms with van der Waals surface area (Å²) in [5.74, 6) is -0.543. The Labute approximate surface area is 207 Å². The number of aryl methyl sites for hydroxylation is 2. The van der Waals surface area contributed by atoms with Crippen molar-refractivity contribution in [1.29, 1.82) is 0 Å². The highest BCUT2D eigenvalue weighted by Gasteiger charge is 2.72. The first-order valence-corrected chi connectivity index (χ1v) is 12.7. The molecule has 3 fully saturated rings. The van der Waals surface area contributed by atoms with Crippen molar-refractivity contribution in [2.45, 2.75) is 34.2 Å². The highest BCUT2D eigenvalue weighted by molar-refractivity contribution is 7.19. The molecule has 0 radical (unpaired) electrons. The van der Waals surface area contributed by atoms with Crippen molar-refractivity contribution in [2.75, 3.05) is 18.4 Å². The molecule has 1 aliphatic carbocycles. The highest BCUT2D eigenvalue weighted by atomic mass is 32.1. The number of hydrogen-bond acceptors (Lipinski definition) is 7. The number of nitrogens with zero attached hydrogens (tertiary/aromatic N) is 3. The first kappa shape index (κ1) is 22.3. The molecule has 2 saturated heterocycles. The molecular weight excluding hydrogens is 462 g/mol. The van der Waals surface area contributed by atoms with Gasteiger partial charge in [-0.3, -0.25) is 29.3 Å². The van der Waals surface area contributed by atoms with Crippen molar-refractivity contribution < 1.29 is 14.4 Å². The predicted molar refractivity (Wildman–Crippen MR) is 134 cm³/mol. The summed E-state index contributed by atoms with van der Waals surface area (Å²) in [7, 11) is 0. The van der Waals surface area contributed by atoms with E-state index in [1.165, 1.54) is 16.2 Å². The quantitative estimate of drug-likeness (QED) is 0.533. The molecule has 0 aromatic carbocycles. The van der Waals surface area contributed by atoms with Gasteiger partial charge in [-0.2, -0.15) is 0 Å². The molecule has 1 saturated carbocycles. The van der Waals surface area contributed by atoms with Gasteiger partial charge in [0.05, 0.1) is 45.9 Å². The number of hydrogen-bond donors (Lipinski definition) is 2. The zero-order chi connectivity index (χ0) is 24.6. The Kier molecular flexibility index (Phi) is 4.88. The average Bonchev–Trinajstić information content (AvgIpc) is 3.01. The SMILES string of the molecule is Cc1cc(-c2ccnc3cc(CN4C(=O)C5C(C4=O)C5(C)C)sc23)c(NC(=O)C2CNC2)c(C)n1. The standard InChI is InChI=1S/C26H27N5O3S/c1-12-7-17(21(13(2)29-12)30-23(32)14-9-27-10-14)16-5-6-28-18-8-15(35-22(16)18)11-31-24(33)19-20(25(31)34)26(19,3)4/h5-8,14,19-20,27H,9-11H2,1-4H3,(H,30,32). The number of aromatic nitrogens is 2. The van der Waals surface area contributed by atoms with Crippen LogP contribution < -0.4 is 10.6 Å². The molecule has 2 aliphatic heterocycles. The third-order valence-electron chi connectivity index (χ3n) is 7.69. The first-order chi connectivity index (χ1) is 16.7. The lowest BCUT2D eigenvalue weighted by Crippen LogP contribution is -2.48. The van der Waals surface area contributed by atoms with E-state index in [-0.39, 0.29) is 47.4 Å². The number of likely N-dealkylation sites (tertiary alicyclic amines) is 1. The van der Waals surface area contributed by atoms with Gasteiger partial charge in [-0.1, -0.05) is 13.8 Å². The number of thiophene rings is 1. The molecule has 180 valence electrons. The number of rotatable bonds is 5. The Morgan fingerprint density at radius 3 is 2.54 bits per heavy atom. The molecule has 3 aliphatic rings. The highest BCUT2D eigenvalue weighted by Crippen LogP contribution is 2.63. The summed E-state index contributed by atoms with van der Waals surface area (Å²) in [4.78, 5) is 49.9. The molecule has 35 heavy (non-hydrogen) atoms. The lowest BCUT2D eigenvalue weighted by atomic mass is 10.00. The summed E-state index contributed by atoms with van der Waals surface area (Å²) in [6.45, 7) is 9.45. The topological polar surface area (TPSA) is 104 Å². The molecule has 0 spiro atoms. The van der Waals surface area contributed by atoms with Gasteiger partial charge in [0.1, 0.15) is 0 Å². The normalized spacial score (nSPS) is 22.9. The number of nitrogens with one attached hydrogen (secondary N) is 2. The summed E-state index contributed by atoms with van der Waals surface area (Å²) < 4.78 is 0.956. The molecule has 6 rings (SSSR count). The maximum atomic E-state index is 12.8. The largest absolute Gasteiger partial charge is 0.324 e. The first-order valence-electron chi connectivity index (χ1n) is 11.9. The van der Waals surface area contributed by atoms with E-state index in [9.17, 15) is 14.4 Å². The van der Waals surface area contributed by atoms with E-state index in [1.807, 2.05) is 45.9 Å². The smallest absolute Gasteiger partial charge is 0.234 e. The van der Waals surface area contributed by atoms with Gasteiger partial charge in [0.25, 0.3) is 0 Å². The Morgan fingerprint density at radius 1 is 1.17 bits per heavy atom. The van der Waals surface area contributed by atoms with Gasteiger partial charge in [0, 0.05) is 41.0 Å². The van der Waals surface area contributed by atoms with Crippen LogP contribution >= 0.6 is 11.3 Å². The number of imide groups is 1. The van der Waals surface area contributed by atoms with Crippen LogP contribution in [0.5, 0.6) is 0 Å². The fraction of sp³-hybridized carbons (Fsp3) is 0.423. The molecule has 2 atom stereocenters. The van der Waals surface area contributed by atoms with Crippen molar-refractivity contribution in [3.63, 3.8) is 0 Å². The van der Waals surface area contributed by atoms with Crippen molar-refractivity contribution in [3.05, 3.63) is 40.7 Å². The van der Waals surface area contributed by atoms with Crippen LogP contribution in [0.25, 0.3) is 21.3 Å². The lowest BCUT2D eigenvalue weighted by molar-refractivity contribution is -0.143. The molecule has 2 N–H and O–H groups in total. The number of anilines is 1. The van der Waals surface area contributed by atoms with E-state index in [4.69, 9.17) is 0 Å². The number of amides is 3. The van der Waals surface area contributed by atoms with Crippen molar-refractivity contribution in [3.8, 4) is 11.1 Å². The lowest BCUT2D eigenvalue weighted by Gasteiger charge is -2.26. The number of pyridine rings is 2. The molecule has 3 aromatic rings. The minimum Gasteiger partial charge on any atom is -0.324 e. The Balaban J connectivity index is 1.36. The number of carbonyl (C=O) groups is 3. The van der Waals surface area contributed by atoms with Crippen molar-refractivity contribution in [2.24, 2.45) is 23.2 Å². The van der Waals surface area contributed by atoms with Crippen LogP contribution in [0.1, 0.15) is 30.1 Å². The second-order valence-corrected chi connectivity index (χ2v) is 11.6. The summed E-state index contributed by atoms with van der Waals surface area (Å²) in [6, 6.07) is 5.89. The third-order valence-corrected chi connectivity index (χ3v) is 8.83. The van der Waals surface area contributed by atoms with Crippen molar-refractivity contribution >= 4 is 45.0 Å². The monoisotopic (exact) mass is 489 g/mol. The van der Waals surface area contributed by atoms with Crippen LogP contribution in [0.2, 0.25) is 0 Å². The second-order valence-electron chi connectivity index (χ2n) is 10.4. The van der Waals surface area contributed by atoms with Gasteiger partial charge in [0.2, 0.25) is 17.7 Å². The fourth-order valence-electron chi connectivity index (χ4n) is 5.49. The van der Waals surface area contributed by atoms with Crippen LogP contribution in [0.3, 0.4) is 0 Å². The van der Waals surface area contributed by atoms with E-state index in [0.29, 0.717) is 18.8 Å². The second kappa shape index (κ2) is 7.66. The van der Waals surface area contributed by atoms with Crippen LogP contribution in [-0.2, 0) is 20.9 Å². The van der Waals surface area contributed by atoms with E-state index < -0.39 is 0 Å². The van der Waals surface area contributed by atoms with Crippen LogP contribution in [0.4, 0.5) is 5.69 Å². The van der Waals surface area contributed by atoms with Crippen LogP contribution in [-0.4, -0.2) is 45.7 Å². The van der Waals surface area contributed by atoms with Gasteiger partial charge >= 0.3 is 0 Å². The molecule has 9 heteroatoms. The minimum atomic E-state index is -0.215. The average molecular weight is 490 g/mol. The molecule has 3 amide bonds. The van der Waals surface area contributed by atoms with Gasteiger partial charge in [-0.05, 0) is 37.5 Å². The maximum absolute atomic E-state index is 12.8. The molecular formula is C26H27N5O3S. The number of fused-ring (bicyclic) bond motifs is 2. The zero-order valence-corrected chi connectivity index (χ0v) is 21.0. The Bertz CT molecular complexity index is 1400. The molecule has 8 nitrogen and oxygen atoms in total. The van der Waals surface area contributed by atoms with Gasteiger partial charge in [0.15, 0.2) is 0 Å². The fourth-order valence-corrected chi connectivity index (χ4v) is 6.62. The number of carbonyl (C=O) groups excluding carboxylic acids is 3. The van der Waals surface area contributed by atoms with Crippen LogP contribution in [0, 0.1) is 37.0 Å². The Hall–Kier alpha value is -3.17. The predicted octanol–water partition coefficient (Wildman–Crippen LogP) is 3.27. The van der Waals surface area contributed by atoms with Gasteiger partial charge < -0.3 is 10.6 Å². The summed E-state index contributed by atoms with van der Waals surface area (Å²) in [5, 5.41) is 6.25. The van der Waals surface area contributed by atoms with E-state index in [2.05, 4.69) is 20.6 Å². The zero-order valence-electron chi connectivity index (χ0n) is 20.1. The summed E-state index contributed by atoms with van der Waals surface area (Å²) in [6.07, 6.45) is 1.75. The van der Waals surface area contributed by atoms with E-state index in [1.54, 1.807) is 6.20 Å². The Morgan fingerprint density at radius 2 is 1.89 bits per heavy atom. The van der Waals surface area contributed by atoms with E-state index in [0.717, 1.165) is 37.6 Å².